The Morgan fingerprint density at radius 3 is 2.78 bits per heavy atom. The fourth-order valence-corrected chi connectivity index (χ4v) is 2.12. The van der Waals surface area contributed by atoms with Crippen LogP contribution in [0, 0.1) is 0 Å². The molecule has 1 atom stereocenters. The van der Waals surface area contributed by atoms with Crippen molar-refractivity contribution in [3.05, 3.63) is 59.1 Å². The van der Waals surface area contributed by atoms with Crippen LogP contribution in [0.5, 0.6) is 5.75 Å². The Labute approximate surface area is 140 Å². The van der Waals surface area contributed by atoms with Gasteiger partial charge in [0.15, 0.2) is 0 Å². The first-order valence-electron chi connectivity index (χ1n) is 7.08. The molecule has 2 aromatic carbocycles. The number of carbonyl (C=O) groups excluding carboxylic acids is 1. The molecule has 0 saturated carbocycles. The molecule has 0 aliphatic heterocycles. The van der Waals surface area contributed by atoms with Crippen LogP contribution in [0.2, 0.25) is 5.02 Å². The third-order valence-electron chi connectivity index (χ3n) is 3.12. The maximum Gasteiger partial charge on any atom is 0.262 e. The highest BCUT2D eigenvalue weighted by molar-refractivity contribution is 6.30. The third kappa shape index (κ3) is 5.00. The molecule has 2 N–H and O–H groups in total. The minimum atomic E-state index is -0.455. The van der Waals surface area contributed by atoms with Crippen LogP contribution >= 0.6 is 11.6 Å². The van der Waals surface area contributed by atoms with E-state index >= 15 is 0 Å². The van der Waals surface area contributed by atoms with Crippen LogP contribution in [0.15, 0.2) is 53.6 Å². The molecule has 0 radical (unpaired) electrons. The first-order valence-corrected chi connectivity index (χ1v) is 7.46. The summed E-state index contributed by atoms with van der Waals surface area (Å²) in [6.07, 6.45) is 1.54. The molecular formula is C17H18ClN3O2. The van der Waals surface area contributed by atoms with Crippen LogP contribution in [-0.4, -0.2) is 25.3 Å². The number of hydrazone groups is 1. The van der Waals surface area contributed by atoms with Crippen molar-refractivity contribution in [2.75, 3.05) is 12.4 Å². The van der Waals surface area contributed by atoms with Crippen LogP contribution in [-0.2, 0) is 4.79 Å². The number of anilines is 1. The summed E-state index contributed by atoms with van der Waals surface area (Å²) in [5.74, 6) is 0.437. The smallest absolute Gasteiger partial charge is 0.262 e. The fourth-order valence-electron chi connectivity index (χ4n) is 1.93. The fraction of sp³-hybridized carbons (Fsp3) is 0.176. The minimum absolute atomic E-state index is 0.254. The number of para-hydroxylation sites is 1. The van der Waals surface area contributed by atoms with Crippen LogP contribution in [0.1, 0.15) is 12.5 Å². The van der Waals surface area contributed by atoms with Crippen molar-refractivity contribution in [2.24, 2.45) is 5.10 Å². The zero-order chi connectivity index (χ0) is 16.7. The van der Waals surface area contributed by atoms with E-state index in [0.29, 0.717) is 10.8 Å². The lowest BCUT2D eigenvalue weighted by Crippen LogP contribution is -2.34. The van der Waals surface area contributed by atoms with Crippen molar-refractivity contribution in [1.29, 1.82) is 0 Å². The van der Waals surface area contributed by atoms with Gasteiger partial charge < -0.3 is 10.1 Å². The minimum Gasteiger partial charge on any atom is -0.496 e. The highest BCUT2D eigenvalue weighted by Crippen LogP contribution is 2.16. The number of hydrogen-bond donors (Lipinski definition) is 2. The molecule has 0 aliphatic rings. The number of methoxy groups -OCH3 is 1. The molecule has 0 bridgehead atoms. The molecule has 5 nitrogen and oxygen atoms in total. The van der Waals surface area contributed by atoms with Gasteiger partial charge in [0, 0.05) is 16.3 Å². The molecule has 0 fully saturated rings. The van der Waals surface area contributed by atoms with Gasteiger partial charge in [0.2, 0.25) is 0 Å². The van der Waals surface area contributed by atoms with Gasteiger partial charge in [0.25, 0.3) is 5.91 Å². The lowest BCUT2D eigenvalue weighted by molar-refractivity contribution is -0.121. The van der Waals surface area contributed by atoms with Crippen molar-refractivity contribution >= 4 is 29.4 Å². The van der Waals surface area contributed by atoms with Crippen LogP contribution in [0.4, 0.5) is 5.69 Å². The first kappa shape index (κ1) is 16.8. The summed E-state index contributed by atoms with van der Waals surface area (Å²) in [5, 5.41) is 7.63. The van der Waals surface area contributed by atoms with E-state index in [1.54, 1.807) is 32.4 Å². The summed E-state index contributed by atoms with van der Waals surface area (Å²) < 4.78 is 5.21. The number of hydrogen-bond acceptors (Lipinski definition) is 4. The standard InChI is InChI=1S/C17H18ClN3O2/c1-12(20-15-8-5-7-14(18)10-15)17(22)21-19-11-13-6-3-4-9-16(13)23-2/h3-12,20H,1-2H3,(H,21,22). The number of nitrogens with one attached hydrogen (secondary N) is 2. The Bertz CT molecular complexity index is 704. The molecule has 0 heterocycles. The molecule has 1 unspecified atom stereocenters. The Morgan fingerprint density at radius 1 is 1.26 bits per heavy atom. The summed E-state index contributed by atoms with van der Waals surface area (Å²) in [6, 6.07) is 14.1. The Hall–Kier alpha value is -2.53. The van der Waals surface area contributed by atoms with Gasteiger partial charge in [-0.05, 0) is 37.3 Å². The van der Waals surface area contributed by atoms with Gasteiger partial charge >= 0.3 is 0 Å². The molecule has 2 aromatic rings. The molecule has 0 aromatic heterocycles. The largest absolute Gasteiger partial charge is 0.496 e. The average molecular weight is 332 g/mol. The number of halogens is 1. The van der Waals surface area contributed by atoms with Crippen molar-refractivity contribution in [3.63, 3.8) is 0 Å². The van der Waals surface area contributed by atoms with E-state index in [1.807, 2.05) is 36.4 Å². The van der Waals surface area contributed by atoms with E-state index < -0.39 is 6.04 Å². The van der Waals surface area contributed by atoms with Gasteiger partial charge in [-0.2, -0.15) is 5.10 Å². The van der Waals surface area contributed by atoms with E-state index in [0.717, 1.165) is 11.3 Å². The van der Waals surface area contributed by atoms with Gasteiger partial charge in [-0.1, -0.05) is 29.8 Å². The maximum atomic E-state index is 12.0. The second kappa shape index (κ2) is 8.19. The molecule has 23 heavy (non-hydrogen) atoms. The molecule has 2 rings (SSSR count). The highest BCUT2D eigenvalue weighted by Gasteiger charge is 2.11. The van der Waals surface area contributed by atoms with Crippen molar-refractivity contribution in [1.82, 2.24) is 5.43 Å². The molecular weight excluding hydrogens is 314 g/mol. The molecule has 0 aliphatic carbocycles. The topological polar surface area (TPSA) is 62.7 Å². The van der Waals surface area contributed by atoms with Crippen LogP contribution < -0.4 is 15.5 Å². The first-order chi connectivity index (χ1) is 11.1. The normalized spacial score (nSPS) is 12.0. The number of carbonyl (C=O) groups is 1. The highest BCUT2D eigenvalue weighted by atomic mass is 35.5. The number of nitrogens with zero attached hydrogens (tertiary/aromatic N) is 1. The third-order valence-corrected chi connectivity index (χ3v) is 3.35. The predicted molar refractivity (Wildman–Crippen MR) is 93.3 cm³/mol. The number of benzene rings is 2. The lowest BCUT2D eigenvalue weighted by Gasteiger charge is -2.13. The van der Waals surface area contributed by atoms with Gasteiger partial charge in [-0.15, -0.1) is 0 Å². The Balaban J connectivity index is 1.92. The summed E-state index contributed by atoms with van der Waals surface area (Å²) in [5.41, 5.74) is 4.05. The van der Waals surface area contributed by atoms with Crippen molar-refractivity contribution < 1.29 is 9.53 Å². The Kier molecular flexibility index (Phi) is 6.00. The SMILES string of the molecule is COc1ccccc1C=NNC(=O)C(C)Nc1cccc(Cl)c1. The monoisotopic (exact) mass is 331 g/mol. The predicted octanol–water partition coefficient (Wildman–Crippen LogP) is 3.30. The van der Waals surface area contributed by atoms with Crippen molar-refractivity contribution in [3.8, 4) is 5.75 Å². The summed E-state index contributed by atoms with van der Waals surface area (Å²) in [7, 11) is 1.59. The van der Waals surface area contributed by atoms with E-state index in [2.05, 4.69) is 15.8 Å². The Morgan fingerprint density at radius 2 is 2.04 bits per heavy atom. The quantitative estimate of drug-likeness (QED) is 0.630. The average Bonchev–Trinajstić information content (AvgIpc) is 2.55. The zero-order valence-corrected chi connectivity index (χ0v) is 13.7. The van der Waals surface area contributed by atoms with Crippen LogP contribution in [0.25, 0.3) is 0 Å². The van der Waals surface area contributed by atoms with E-state index in [9.17, 15) is 4.79 Å². The second-order valence-corrected chi connectivity index (χ2v) is 5.29. The lowest BCUT2D eigenvalue weighted by atomic mass is 10.2. The second-order valence-electron chi connectivity index (χ2n) is 4.85. The molecule has 0 spiro atoms. The van der Waals surface area contributed by atoms with Crippen LogP contribution in [0.3, 0.4) is 0 Å². The van der Waals surface area contributed by atoms with Gasteiger partial charge in [-0.25, -0.2) is 5.43 Å². The molecule has 0 saturated heterocycles. The summed E-state index contributed by atoms with van der Waals surface area (Å²) in [4.78, 5) is 12.0. The van der Waals surface area contributed by atoms with E-state index in [4.69, 9.17) is 16.3 Å². The molecule has 120 valence electrons. The van der Waals surface area contributed by atoms with E-state index in [-0.39, 0.29) is 5.91 Å². The number of rotatable bonds is 6. The number of amides is 1. The molecule has 6 heteroatoms. The summed E-state index contributed by atoms with van der Waals surface area (Å²) >= 11 is 5.91. The van der Waals surface area contributed by atoms with Crippen molar-refractivity contribution in [2.45, 2.75) is 13.0 Å². The van der Waals surface area contributed by atoms with Gasteiger partial charge in [-0.3, -0.25) is 4.79 Å². The number of ether oxygens (including phenoxy) is 1. The summed E-state index contributed by atoms with van der Waals surface area (Å²) in [6.45, 7) is 1.74. The van der Waals surface area contributed by atoms with E-state index in [1.165, 1.54) is 0 Å². The maximum absolute atomic E-state index is 12.0. The van der Waals surface area contributed by atoms with Gasteiger partial charge in [0.1, 0.15) is 11.8 Å². The zero-order valence-electron chi connectivity index (χ0n) is 12.9. The van der Waals surface area contributed by atoms with Gasteiger partial charge in [0.05, 0.1) is 13.3 Å². The molecule has 1 amide bonds.